The van der Waals surface area contributed by atoms with E-state index in [1.54, 1.807) is 65.9 Å². The van der Waals surface area contributed by atoms with E-state index in [4.69, 9.17) is 5.10 Å². The van der Waals surface area contributed by atoms with Crippen molar-refractivity contribution in [3.63, 3.8) is 0 Å². The second-order valence-corrected chi connectivity index (χ2v) is 13.2. The van der Waals surface area contributed by atoms with Crippen molar-refractivity contribution in [1.29, 1.82) is 5.26 Å². The number of nitriles is 1. The van der Waals surface area contributed by atoms with E-state index in [1.165, 1.54) is 15.1 Å². The Kier molecular flexibility index (Phi) is 8.76. The first-order valence-electron chi connectivity index (χ1n) is 15.2. The van der Waals surface area contributed by atoms with Gasteiger partial charge in [0.15, 0.2) is 0 Å². The number of carbonyl (C=O) groups excluding carboxylic acids is 1. The molecular weight excluding hydrogens is 614 g/mol. The molecule has 0 bridgehead atoms. The van der Waals surface area contributed by atoms with Crippen molar-refractivity contribution in [2.75, 3.05) is 18.4 Å². The average Bonchev–Trinajstić information content (AvgIpc) is 3.62. The standard InChI is InChI=1S/C35H33N7O4S/c1-25-32(35(44)42(39(25)2)30-16-8-4-9-17-30)37-34(43)27(23-36)21-28-24-41(29-14-6-3-7-15-29)38-33(28)26-13-12-18-31(22-26)47(45,46)40-19-10-5-11-20-40/h3-4,6-9,12-18,21-22,24H,5,10-11,19-20H2,1-2H3,(H,37,43). The second kappa shape index (κ2) is 13.1. The minimum absolute atomic E-state index is 0.0540. The monoisotopic (exact) mass is 647 g/mol. The summed E-state index contributed by atoms with van der Waals surface area (Å²) in [4.78, 5) is 27.1. The van der Waals surface area contributed by atoms with Gasteiger partial charge in [-0.25, -0.2) is 17.8 Å². The van der Waals surface area contributed by atoms with Gasteiger partial charge in [0.2, 0.25) is 10.0 Å². The highest BCUT2D eigenvalue weighted by molar-refractivity contribution is 7.89. The summed E-state index contributed by atoms with van der Waals surface area (Å²) in [6.45, 7) is 2.65. The van der Waals surface area contributed by atoms with Crippen LogP contribution in [0.5, 0.6) is 0 Å². The van der Waals surface area contributed by atoms with Gasteiger partial charge in [-0.2, -0.15) is 14.7 Å². The number of nitrogens with zero attached hydrogens (tertiary/aromatic N) is 6. The average molecular weight is 648 g/mol. The third-order valence-electron chi connectivity index (χ3n) is 8.28. The maximum atomic E-state index is 13.5. The lowest BCUT2D eigenvalue weighted by Gasteiger charge is -2.26. The first-order chi connectivity index (χ1) is 22.7. The Bertz CT molecular complexity index is 2190. The van der Waals surface area contributed by atoms with Crippen LogP contribution in [0.15, 0.2) is 106 Å². The quantitative estimate of drug-likeness (QED) is 0.185. The fourth-order valence-electron chi connectivity index (χ4n) is 5.69. The summed E-state index contributed by atoms with van der Waals surface area (Å²) < 4.78 is 33.2. The van der Waals surface area contributed by atoms with Gasteiger partial charge in [0.1, 0.15) is 23.0 Å². The first-order valence-corrected chi connectivity index (χ1v) is 16.7. The van der Waals surface area contributed by atoms with Crippen molar-refractivity contribution < 1.29 is 13.2 Å². The highest BCUT2D eigenvalue weighted by atomic mass is 32.2. The number of anilines is 1. The topological polar surface area (TPSA) is 135 Å². The van der Waals surface area contributed by atoms with Crippen molar-refractivity contribution in [2.45, 2.75) is 31.1 Å². The molecule has 1 aliphatic rings. The number of carbonyl (C=O) groups is 1. The summed E-state index contributed by atoms with van der Waals surface area (Å²) in [5.74, 6) is -0.765. The normalized spacial score (nSPS) is 14.1. The Hall–Kier alpha value is -5.51. The van der Waals surface area contributed by atoms with E-state index < -0.39 is 21.5 Å². The molecule has 1 fully saturated rings. The van der Waals surface area contributed by atoms with Crippen LogP contribution in [0.2, 0.25) is 0 Å². The summed E-state index contributed by atoms with van der Waals surface area (Å²) in [6.07, 6.45) is 5.71. The number of benzene rings is 3. The number of nitrogens with one attached hydrogen (secondary N) is 1. The third-order valence-corrected chi connectivity index (χ3v) is 10.2. The zero-order valence-corrected chi connectivity index (χ0v) is 26.8. The first kappa shape index (κ1) is 31.5. The fourth-order valence-corrected chi connectivity index (χ4v) is 7.25. The van der Waals surface area contributed by atoms with Gasteiger partial charge in [-0.15, -0.1) is 0 Å². The van der Waals surface area contributed by atoms with E-state index in [2.05, 4.69) is 5.32 Å². The molecule has 0 saturated carbocycles. The summed E-state index contributed by atoms with van der Waals surface area (Å²) in [5, 5.41) is 17.5. The number of hydrogen-bond acceptors (Lipinski definition) is 6. The van der Waals surface area contributed by atoms with Crippen molar-refractivity contribution >= 4 is 27.7 Å². The van der Waals surface area contributed by atoms with E-state index in [0.717, 1.165) is 24.9 Å². The van der Waals surface area contributed by atoms with Crippen LogP contribution in [0.3, 0.4) is 0 Å². The fraction of sp³-hybridized carbons (Fsp3) is 0.200. The predicted molar refractivity (Wildman–Crippen MR) is 180 cm³/mol. The molecule has 1 amide bonds. The van der Waals surface area contributed by atoms with Crippen LogP contribution in [0, 0.1) is 18.3 Å². The number of piperidine rings is 1. The molecule has 2 aromatic heterocycles. The molecule has 0 atom stereocenters. The molecular formula is C35H33N7O4S. The van der Waals surface area contributed by atoms with Gasteiger partial charge in [-0.1, -0.05) is 55.0 Å². The smallest absolute Gasteiger partial charge is 0.295 e. The van der Waals surface area contributed by atoms with Crippen molar-refractivity contribution in [2.24, 2.45) is 7.05 Å². The van der Waals surface area contributed by atoms with Crippen LogP contribution in [-0.2, 0) is 21.9 Å². The van der Waals surface area contributed by atoms with Crippen LogP contribution in [-0.4, -0.2) is 50.9 Å². The Morgan fingerprint density at radius 1 is 0.936 bits per heavy atom. The SMILES string of the molecule is Cc1c(NC(=O)C(C#N)=Cc2cn(-c3ccccc3)nc2-c2cccc(S(=O)(=O)N3CCCCC3)c2)c(=O)n(-c2ccccc2)n1C. The number of amides is 1. The lowest BCUT2D eigenvalue weighted by Crippen LogP contribution is -2.35. The predicted octanol–water partition coefficient (Wildman–Crippen LogP) is 5.06. The van der Waals surface area contributed by atoms with Crippen LogP contribution < -0.4 is 10.9 Å². The maximum absolute atomic E-state index is 13.5. The molecule has 3 heterocycles. The maximum Gasteiger partial charge on any atom is 0.295 e. The van der Waals surface area contributed by atoms with Gasteiger partial charge in [0, 0.05) is 37.5 Å². The Labute approximate surface area is 272 Å². The van der Waals surface area contributed by atoms with Crippen molar-refractivity contribution in [3.05, 3.63) is 118 Å². The molecule has 0 spiro atoms. The molecule has 0 unspecified atom stereocenters. The van der Waals surface area contributed by atoms with Crippen molar-refractivity contribution in [3.8, 4) is 28.7 Å². The van der Waals surface area contributed by atoms with E-state index in [-0.39, 0.29) is 16.2 Å². The summed E-state index contributed by atoms with van der Waals surface area (Å²) in [5.41, 5.74) is 2.53. The molecule has 3 aromatic carbocycles. The van der Waals surface area contributed by atoms with Gasteiger partial charge < -0.3 is 5.32 Å². The molecule has 6 rings (SSSR count). The molecule has 0 radical (unpaired) electrons. The molecule has 1 saturated heterocycles. The van der Waals surface area contributed by atoms with E-state index in [1.807, 2.05) is 54.6 Å². The number of aromatic nitrogens is 4. The zero-order chi connectivity index (χ0) is 33.1. The van der Waals surface area contributed by atoms with Crippen LogP contribution in [0.1, 0.15) is 30.5 Å². The molecule has 1 N–H and O–H groups in total. The highest BCUT2D eigenvalue weighted by Gasteiger charge is 2.27. The van der Waals surface area contributed by atoms with Gasteiger partial charge in [-0.3, -0.25) is 14.3 Å². The molecule has 11 nitrogen and oxygen atoms in total. The van der Waals surface area contributed by atoms with Gasteiger partial charge in [-0.05, 0) is 62.2 Å². The van der Waals surface area contributed by atoms with Gasteiger partial charge in [0.25, 0.3) is 11.5 Å². The minimum Gasteiger partial charge on any atom is -0.315 e. The van der Waals surface area contributed by atoms with Crippen LogP contribution in [0.4, 0.5) is 5.69 Å². The molecule has 12 heteroatoms. The molecule has 5 aromatic rings. The molecule has 47 heavy (non-hydrogen) atoms. The number of hydrogen-bond donors (Lipinski definition) is 1. The van der Waals surface area contributed by atoms with E-state index in [9.17, 15) is 23.3 Å². The molecule has 0 aliphatic carbocycles. The Balaban J connectivity index is 1.40. The molecule has 238 valence electrons. The van der Waals surface area contributed by atoms with E-state index >= 15 is 0 Å². The zero-order valence-electron chi connectivity index (χ0n) is 26.0. The third kappa shape index (κ3) is 6.18. The van der Waals surface area contributed by atoms with Gasteiger partial charge in [0.05, 0.1) is 22.0 Å². The second-order valence-electron chi connectivity index (χ2n) is 11.3. The lowest BCUT2D eigenvalue weighted by atomic mass is 10.1. The van der Waals surface area contributed by atoms with Crippen molar-refractivity contribution in [1.82, 2.24) is 23.4 Å². The number of para-hydroxylation sites is 2. The lowest BCUT2D eigenvalue weighted by molar-refractivity contribution is -0.112. The molecule has 1 aliphatic heterocycles. The minimum atomic E-state index is -3.72. The van der Waals surface area contributed by atoms with Crippen LogP contribution in [0.25, 0.3) is 28.7 Å². The van der Waals surface area contributed by atoms with E-state index in [0.29, 0.717) is 41.3 Å². The summed E-state index contributed by atoms with van der Waals surface area (Å²) in [6, 6.07) is 26.8. The summed E-state index contributed by atoms with van der Waals surface area (Å²) in [7, 11) is -2.01. The Morgan fingerprint density at radius 3 is 2.26 bits per heavy atom. The number of rotatable bonds is 8. The largest absolute Gasteiger partial charge is 0.315 e. The number of sulfonamides is 1. The van der Waals surface area contributed by atoms with Crippen LogP contribution >= 0.6 is 0 Å². The summed E-state index contributed by atoms with van der Waals surface area (Å²) >= 11 is 0. The van der Waals surface area contributed by atoms with Gasteiger partial charge >= 0.3 is 0 Å². The highest BCUT2D eigenvalue weighted by Crippen LogP contribution is 2.30. The Morgan fingerprint density at radius 2 is 1.60 bits per heavy atom.